The van der Waals surface area contributed by atoms with Gasteiger partial charge >= 0.3 is 12.1 Å². The van der Waals surface area contributed by atoms with Gasteiger partial charge in [-0.15, -0.1) is 0 Å². The van der Waals surface area contributed by atoms with Gasteiger partial charge in [0.25, 0.3) is 0 Å². The predicted octanol–water partition coefficient (Wildman–Crippen LogP) is 6.81. The van der Waals surface area contributed by atoms with E-state index in [-0.39, 0.29) is 42.0 Å². The molecule has 0 saturated carbocycles. The van der Waals surface area contributed by atoms with Gasteiger partial charge in [0.1, 0.15) is 35.4 Å². The number of halogens is 3. The van der Waals surface area contributed by atoms with Crippen molar-refractivity contribution in [3.05, 3.63) is 53.4 Å². The Morgan fingerprint density at radius 3 is 2.70 bits per heavy atom. The fraction of sp³-hybridized carbons (Fsp3) is 0.514. The highest BCUT2D eigenvalue weighted by Crippen LogP contribution is 2.42. The van der Waals surface area contributed by atoms with Crippen LogP contribution in [0.25, 0.3) is 32.9 Å². The van der Waals surface area contributed by atoms with Crippen molar-refractivity contribution in [2.75, 3.05) is 44.8 Å². The molecule has 0 radical (unpaired) electrons. The minimum absolute atomic E-state index is 0.00763. The molecule has 4 fully saturated rings. The van der Waals surface area contributed by atoms with Crippen LogP contribution in [-0.4, -0.2) is 106 Å². The van der Waals surface area contributed by atoms with E-state index in [2.05, 4.69) is 14.9 Å². The van der Waals surface area contributed by atoms with Crippen molar-refractivity contribution in [1.29, 1.82) is 0 Å². The average molecular weight is 707 g/mol. The summed E-state index contributed by atoms with van der Waals surface area (Å²) in [6.07, 6.45) is 2.84. The number of hydrogen-bond acceptors (Lipinski definition) is 9. The summed E-state index contributed by atoms with van der Waals surface area (Å²) in [5.41, 5.74) is -0.389. The van der Waals surface area contributed by atoms with Crippen molar-refractivity contribution in [2.24, 2.45) is 0 Å². The molecular weight excluding hydrogens is 666 g/mol. The maximum Gasteiger partial charge on any atom is 0.411 e. The van der Waals surface area contributed by atoms with Gasteiger partial charge in [-0.2, -0.15) is 9.97 Å². The predicted molar refractivity (Wildman–Crippen MR) is 187 cm³/mol. The number of hydrogen-bond donors (Lipinski definition) is 0. The lowest BCUT2D eigenvalue weighted by Crippen LogP contribution is -2.58. The zero-order chi connectivity index (χ0) is 34.9. The highest BCUT2D eigenvalue weighted by molar-refractivity contribution is 6.36. The van der Waals surface area contributed by atoms with E-state index in [0.29, 0.717) is 59.7 Å². The summed E-state index contributed by atoms with van der Waals surface area (Å²) in [6, 6.07) is 10.6. The summed E-state index contributed by atoms with van der Waals surface area (Å²) in [7, 11) is 1.64. The lowest BCUT2D eigenvalue weighted by molar-refractivity contribution is 0.00212. The van der Waals surface area contributed by atoms with Gasteiger partial charge in [0, 0.05) is 55.3 Å². The van der Waals surface area contributed by atoms with E-state index in [9.17, 15) is 9.18 Å². The molecule has 4 aromatic rings. The number of benzene rings is 2. The van der Waals surface area contributed by atoms with Gasteiger partial charge in [-0.3, -0.25) is 14.8 Å². The quantitative estimate of drug-likeness (QED) is 0.215. The molecule has 2 aromatic carbocycles. The number of fused-ring (bicyclic) bond motifs is 5. The van der Waals surface area contributed by atoms with Crippen molar-refractivity contribution in [3.8, 4) is 17.3 Å². The third kappa shape index (κ3) is 5.69. The molecule has 2 aromatic heterocycles. The molecule has 2 bridgehead atoms. The Bertz CT molecular complexity index is 1970. The molecule has 4 aliphatic rings. The number of methoxy groups -OCH3 is 1. The van der Waals surface area contributed by atoms with Crippen molar-refractivity contribution >= 4 is 45.2 Å². The van der Waals surface area contributed by atoms with Crippen LogP contribution in [0.5, 0.6) is 6.01 Å². The van der Waals surface area contributed by atoms with Gasteiger partial charge in [-0.25, -0.2) is 13.6 Å². The Morgan fingerprint density at radius 2 is 1.92 bits per heavy atom. The summed E-state index contributed by atoms with van der Waals surface area (Å²) in [4.78, 5) is 33.5. The standard InChI is InChI=1S/C37H41ClF2N6O4/c1-36(2,3)50-35(47)46-23-14-28(48-4)27(46)19-44(18-23)33-25-16-41-31(24-10-5-8-21-9-6-11-26(38)29(21)24)30(40)32(25)42-34(43-33)49-20-37-12-7-13-45(37)17-22(39)15-37/h5-6,8-11,16,22-23,27-28H,7,12-15,17-20H2,1-4H3/t22?,23-,27-,28-,37?/m1/s1. The van der Waals surface area contributed by atoms with E-state index in [1.807, 2.05) is 49.9 Å². The number of alkyl halides is 1. The van der Waals surface area contributed by atoms with Crippen LogP contribution in [0.1, 0.15) is 46.5 Å². The first-order valence-corrected chi connectivity index (χ1v) is 17.7. The molecule has 264 valence electrons. The molecule has 4 saturated heterocycles. The summed E-state index contributed by atoms with van der Waals surface area (Å²) >= 11 is 6.64. The molecule has 2 unspecified atom stereocenters. The van der Waals surface area contributed by atoms with Crippen molar-refractivity contribution in [1.82, 2.24) is 24.8 Å². The Kier molecular flexibility index (Phi) is 8.27. The topological polar surface area (TPSA) is 93.2 Å². The van der Waals surface area contributed by atoms with Crippen LogP contribution in [0.3, 0.4) is 0 Å². The van der Waals surface area contributed by atoms with Crippen LogP contribution in [-0.2, 0) is 9.47 Å². The summed E-state index contributed by atoms with van der Waals surface area (Å²) in [5.74, 6) is -0.177. The Morgan fingerprint density at radius 1 is 1.12 bits per heavy atom. The first kappa shape index (κ1) is 33.3. The van der Waals surface area contributed by atoms with E-state index >= 15 is 4.39 Å². The number of anilines is 1. The fourth-order valence-electron chi connectivity index (χ4n) is 8.59. The molecule has 4 aliphatic heterocycles. The minimum atomic E-state index is -0.920. The van der Waals surface area contributed by atoms with E-state index in [0.717, 1.165) is 24.8 Å². The van der Waals surface area contributed by atoms with Gasteiger partial charge in [0.05, 0.1) is 29.1 Å². The van der Waals surface area contributed by atoms with E-state index in [4.69, 9.17) is 30.8 Å². The lowest BCUT2D eigenvalue weighted by atomic mass is 9.95. The molecule has 0 spiro atoms. The van der Waals surface area contributed by atoms with Crippen LogP contribution < -0.4 is 9.64 Å². The maximum absolute atomic E-state index is 16.9. The molecule has 1 amide bonds. The molecule has 0 aliphatic carbocycles. The third-order valence-electron chi connectivity index (χ3n) is 10.7. The Balaban J connectivity index is 1.21. The molecule has 6 heterocycles. The van der Waals surface area contributed by atoms with Crippen LogP contribution in [0.15, 0.2) is 42.6 Å². The fourth-order valence-corrected chi connectivity index (χ4v) is 8.88. The molecule has 0 N–H and O–H groups in total. The van der Waals surface area contributed by atoms with Gasteiger partial charge in [-0.05, 0) is 58.0 Å². The van der Waals surface area contributed by atoms with Crippen LogP contribution in [0.2, 0.25) is 5.02 Å². The van der Waals surface area contributed by atoms with Crippen LogP contribution >= 0.6 is 11.6 Å². The van der Waals surface area contributed by atoms with Crippen molar-refractivity contribution in [3.63, 3.8) is 0 Å². The van der Waals surface area contributed by atoms with Gasteiger partial charge < -0.3 is 19.1 Å². The zero-order valence-corrected chi connectivity index (χ0v) is 29.4. The monoisotopic (exact) mass is 706 g/mol. The Hall–Kier alpha value is -3.87. The van der Waals surface area contributed by atoms with Crippen LogP contribution in [0, 0.1) is 5.82 Å². The molecule has 5 atom stereocenters. The number of piperazine rings is 1. The summed E-state index contributed by atoms with van der Waals surface area (Å²) in [6.45, 7) is 7.70. The van der Waals surface area contributed by atoms with Gasteiger partial charge in [0.15, 0.2) is 5.82 Å². The summed E-state index contributed by atoms with van der Waals surface area (Å²) in [5, 5.41) is 2.45. The lowest BCUT2D eigenvalue weighted by Gasteiger charge is -2.42. The summed E-state index contributed by atoms with van der Waals surface area (Å²) < 4.78 is 49.5. The Labute approximate surface area is 294 Å². The number of carbonyl (C=O) groups excluding carboxylic acids is 1. The van der Waals surface area contributed by atoms with Crippen molar-refractivity contribution < 1.29 is 27.8 Å². The smallest absolute Gasteiger partial charge is 0.411 e. The molecule has 50 heavy (non-hydrogen) atoms. The number of ether oxygens (including phenoxy) is 3. The largest absolute Gasteiger partial charge is 0.461 e. The number of amides is 1. The number of nitrogens with zero attached hydrogens (tertiary/aromatic N) is 6. The number of rotatable bonds is 6. The second-order valence-electron chi connectivity index (χ2n) is 15.0. The van der Waals surface area contributed by atoms with Crippen molar-refractivity contribution in [2.45, 2.75) is 82.0 Å². The van der Waals surface area contributed by atoms with E-state index < -0.39 is 29.2 Å². The van der Waals surface area contributed by atoms with Crippen LogP contribution in [0.4, 0.5) is 19.4 Å². The first-order valence-electron chi connectivity index (χ1n) is 17.3. The normalized spacial score (nSPS) is 26.6. The average Bonchev–Trinajstić information content (AvgIpc) is 3.68. The number of pyridine rings is 1. The number of aromatic nitrogens is 3. The minimum Gasteiger partial charge on any atom is -0.461 e. The second-order valence-corrected chi connectivity index (χ2v) is 15.5. The SMILES string of the molecule is CO[C@@H]1C[C@@H]2CN(c3nc(OCC45CCCN4CC(F)C5)nc4c(F)c(-c5cccc6cccc(Cl)c56)ncc34)C[C@H]1N2C(=O)OC(C)(C)C. The number of carbonyl (C=O) groups is 1. The second kappa shape index (κ2) is 12.4. The molecule has 8 rings (SSSR count). The highest BCUT2D eigenvalue weighted by atomic mass is 35.5. The molecular formula is C37H41ClF2N6O4. The highest BCUT2D eigenvalue weighted by Gasteiger charge is 2.51. The third-order valence-corrected chi connectivity index (χ3v) is 11.0. The van der Waals surface area contributed by atoms with Gasteiger partial charge in [0.2, 0.25) is 0 Å². The molecule has 10 nitrogen and oxygen atoms in total. The van der Waals surface area contributed by atoms with Gasteiger partial charge in [-0.1, -0.05) is 41.9 Å². The maximum atomic E-state index is 16.9. The molecule has 13 heteroatoms. The zero-order valence-electron chi connectivity index (χ0n) is 28.7. The first-order chi connectivity index (χ1) is 23.9. The van der Waals surface area contributed by atoms with E-state index in [1.165, 1.54) is 0 Å². The van der Waals surface area contributed by atoms with E-state index in [1.54, 1.807) is 30.3 Å².